The van der Waals surface area contributed by atoms with Gasteiger partial charge in [0.1, 0.15) is 0 Å². The summed E-state index contributed by atoms with van der Waals surface area (Å²) < 4.78 is 6.42. The van der Waals surface area contributed by atoms with Gasteiger partial charge in [0.15, 0.2) is 0 Å². The van der Waals surface area contributed by atoms with E-state index in [1.807, 2.05) is 23.8 Å². The Kier molecular flexibility index (Phi) is 4.71. The molecule has 1 fully saturated rings. The molecule has 0 atom stereocenters. The van der Waals surface area contributed by atoms with Crippen LogP contribution in [0, 0.1) is 0 Å². The molecule has 5 nitrogen and oxygen atoms in total. The molecule has 0 saturated heterocycles. The minimum Gasteiger partial charge on any atom is -0.481 e. The number of fused-ring (bicyclic) bond motifs is 1. The first-order chi connectivity index (χ1) is 12.5. The maximum Gasteiger partial charge on any atom is 0.212 e. The molecular weight excluding hydrogens is 344 g/mol. The molecule has 0 bridgehead atoms. The van der Waals surface area contributed by atoms with Gasteiger partial charge in [0.2, 0.25) is 5.88 Å². The molecule has 0 amide bonds. The van der Waals surface area contributed by atoms with E-state index in [1.54, 1.807) is 7.11 Å². The van der Waals surface area contributed by atoms with Gasteiger partial charge < -0.3 is 14.5 Å². The number of ether oxygens (including phenoxy) is 1. The maximum absolute atomic E-state index is 5.16. The molecule has 6 heteroatoms. The van der Waals surface area contributed by atoms with Gasteiger partial charge in [0.25, 0.3) is 0 Å². The van der Waals surface area contributed by atoms with Gasteiger partial charge in [-0.25, -0.2) is 9.98 Å². The molecule has 2 heterocycles. The summed E-state index contributed by atoms with van der Waals surface area (Å²) in [6, 6.07) is 7.79. The van der Waals surface area contributed by atoms with Gasteiger partial charge in [0, 0.05) is 30.2 Å². The number of thiazole rings is 1. The van der Waals surface area contributed by atoms with Gasteiger partial charge in [-0.1, -0.05) is 0 Å². The highest BCUT2D eigenvalue weighted by molar-refractivity contribution is 7.18. The number of anilines is 1. The lowest BCUT2D eigenvalue weighted by Crippen LogP contribution is -2.44. The van der Waals surface area contributed by atoms with Crippen LogP contribution >= 0.6 is 11.3 Å². The molecule has 26 heavy (non-hydrogen) atoms. The summed E-state index contributed by atoms with van der Waals surface area (Å²) in [5, 5.41) is 1.29. The minimum absolute atomic E-state index is 0.609. The Morgan fingerprint density at radius 2 is 2.12 bits per heavy atom. The van der Waals surface area contributed by atoms with Crippen LogP contribution in [0.5, 0.6) is 0 Å². The highest BCUT2D eigenvalue weighted by atomic mass is 32.1. The summed E-state index contributed by atoms with van der Waals surface area (Å²) in [7, 11) is 3.88. The second-order valence-electron chi connectivity index (χ2n) is 7.43. The minimum atomic E-state index is 0.609. The van der Waals surface area contributed by atoms with Crippen molar-refractivity contribution in [3.8, 4) is 0 Å². The fourth-order valence-electron chi connectivity index (χ4n) is 3.54. The molecule has 0 radical (unpaired) electrons. The lowest BCUT2D eigenvalue weighted by atomic mass is 9.79. The lowest BCUT2D eigenvalue weighted by molar-refractivity contribution is 0.108. The highest BCUT2D eigenvalue weighted by Crippen LogP contribution is 2.43. The van der Waals surface area contributed by atoms with Crippen molar-refractivity contribution in [1.29, 1.82) is 0 Å². The number of benzene rings is 1. The van der Waals surface area contributed by atoms with Gasteiger partial charge in [-0.2, -0.15) is 0 Å². The topological polar surface area (TPSA) is 41.0 Å². The van der Waals surface area contributed by atoms with Crippen LogP contribution in [-0.4, -0.2) is 49.0 Å². The Hall–Kier alpha value is -1.92. The summed E-state index contributed by atoms with van der Waals surface area (Å²) in [6.07, 6.45) is 6.28. The third-order valence-electron chi connectivity index (χ3n) is 5.57. The highest BCUT2D eigenvalue weighted by Gasteiger charge is 2.35. The second-order valence-corrected chi connectivity index (χ2v) is 8.49. The lowest BCUT2D eigenvalue weighted by Gasteiger charge is -2.42. The zero-order chi connectivity index (χ0) is 18.3. The third kappa shape index (κ3) is 3.23. The van der Waals surface area contributed by atoms with Crippen molar-refractivity contribution >= 4 is 33.6 Å². The molecule has 2 aromatic rings. The third-order valence-corrected chi connectivity index (χ3v) is 6.75. The van der Waals surface area contributed by atoms with E-state index < -0.39 is 0 Å². The molecule has 138 valence electrons. The van der Waals surface area contributed by atoms with Crippen LogP contribution in [0.3, 0.4) is 0 Å². The predicted molar refractivity (Wildman–Crippen MR) is 109 cm³/mol. The second kappa shape index (κ2) is 7.00. The molecule has 1 saturated carbocycles. The quantitative estimate of drug-likeness (QED) is 0.790. The summed E-state index contributed by atoms with van der Waals surface area (Å²) in [6.45, 7) is 5.30. The van der Waals surface area contributed by atoms with Crippen LogP contribution in [0.2, 0.25) is 0 Å². The van der Waals surface area contributed by atoms with Crippen molar-refractivity contribution in [3.63, 3.8) is 0 Å². The van der Waals surface area contributed by atoms with Gasteiger partial charge in [-0.3, -0.25) is 0 Å². The van der Waals surface area contributed by atoms with Crippen molar-refractivity contribution in [2.75, 3.05) is 25.6 Å². The van der Waals surface area contributed by atoms with E-state index in [9.17, 15) is 0 Å². The van der Waals surface area contributed by atoms with Gasteiger partial charge in [-0.15, -0.1) is 11.3 Å². The van der Waals surface area contributed by atoms with Crippen molar-refractivity contribution in [2.24, 2.45) is 4.99 Å². The monoisotopic (exact) mass is 370 g/mol. The maximum atomic E-state index is 5.16. The number of methoxy groups -OCH3 is 1. The van der Waals surface area contributed by atoms with Gasteiger partial charge in [-0.05, 0) is 58.0 Å². The van der Waals surface area contributed by atoms with Crippen LogP contribution in [0.15, 0.2) is 35.2 Å². The van der Waals surface area contributed by atoms with E-state index in [1.165, 1.54) is 22.5 Å². The van der Waals surface area contributed by atoms with Crippen molar-refractivity contribution in [1.82, 2.24) is 9.88 Å². The number of aliphatic imine (C=N–C) groups is 1. The summed E-state index contributed by atoms with van der Waals surface area (Å²) in [5.74, 6) is 1.29. The first-order valence-electron chi connectivity index (χ1n) is 9.22. The zero-order valence-electron chi connectivity index (χ0n) is 15.8. The van der Waals surface area contributed by atoms with E-state index in [0.717, 1.165) is 17.7 Å². The van der Waals surface area contributed by atoms with E-state index >= 15 is 0 Å². The van der Waals surface area contributed by atoms with Crippen molar-refractivity contribution in [2.45, 2.75) is 44.7 Å². The van der Waals surface area contributed by atoms with Crippen molar-refractivity contribution in [3.05, 3.63) is 35.2 Å². The summed E-state index contributed by atoms with van der Waals surface area (Å²) >= 11 is 1.85. The normalized spacial score (nSPS) is 22.8. The number of hydrogen-bond donors (Lipinski definition) is 0. The van der Waals surface area contributed by atoms with Crippen LogP contribution < -0.4 is 4.90 Å². The van der Waals surface area contributed by atoms with Crippen LogP contribution in [-0.2, 0) is 4.74 Å². The smallest absolute Gasteiger partial charge is 0.212 e. The fraction of sp³-hybridized carbons (Fsp3) is 0.500. The molecule has 0 spiro atoms. The predicted octanol–water partition coefficient (Wildman–Crippen LogP) is 4.22. The Morgan fingerprint density at radius 1 is 1.31 bits per heavy atom. The number of rotatable bonds is 5. The SMILES string of the molecule is COC1=CCN(c2ccc3nc(C4CC(N(C)C(C)C)C4)sc3c2)C=N1. The zero-order valence-corrected chi connectivity index (χ0v) is 16.7. The summed E-state index contributed by atoms with van der Waals surface area (Å²) in [5.41, 5.74) is 2.25. The first-order valence-corrected chi connectivity index (χ1v) is 10.0. The largest absolute Gasteiger partial charge is 0.481 e. The molecule has 1 aliphatic heterocycles. The molecule has 1 aliphatic carbocycles. The van der Waals surface area contributed by atoms with Gasteiger partial charge >= 0.3 is 0 Å². The molecule has 0 N–H and O–H groups in total. The van der Waals surface area contributed by atoms with Gasteiger partial charge in [0.05, 0.1) is 28.7 Å². The summed E-state index contributed by atoms with van der Waals surface area (Å²) in [4.78, 5) is 13.8. The Labute approximate surface area is 159 Å². The number of hydrogen-bond acceptors (Lipinski definition) is 6. The Morgan fingerprint density at radius 3 is 2.77 bits per heavy atom. The van der Waals surface area contributed by atoms with E-state index in [0.29, 0.717) is 23.9 Å². The first kappa shape index (κ1) is 17.5. The standard InChI is InChI=1S/C20H26N4OS/c1-13(2)23(3)16-9-14(10-16)20-22-17-6-5-15(11-18(17)26-20)24-8-7-19(25-4)21-12-24/h5-7,11-14,16H,8-10H2,1-4H3. The average Bonchev–Trinajstić information content (AvgIpc) is 3.02. The molecule has 0 unspecified atom stereocenters. The van der Waals surface area contributed by atoms with Crippen LogP contribution in [0.4, 0.5) is 5.69 Å². The van der Waals surface area contributed by atoms with E-state index in [2.05, 4.69) is 53.9 Å². The Bertz CT molecular complexity index is 851. The molecule has 1 aromatic carbocycles. The van der Waals surface area contributed by atoms with Crippen molar-refractivity contribution < 1.29 is 4.74 Å². The van der Waals surface area contributed by atoms with Crippen LogP contribution in [0.1, 0.15) is 37.6 Å². The van der Waals surface area contributed by atoms with E-state index in [4.69, 9.17) is 9.72 Å². The number of nitrogens with zero attached hydrogens (tertiary/aromatic N) is 4. The fourth-order valence-corrected chi connectivity index (χ4v) is 4.67. The molecule has 2 aliphatic rings. The Balaban J connectivity index is 1.47. The molecular formula is C20H26N4OS. The molecule has 4 rings (SSSR count). The number of aromatic nitrogens is 1. The molecule has 1 aromatic heterocycles. The van der Waals surface area contributed by atoms with Crippen LogP contribution in [0.25, 0.3) is 10.2 Å². The van der Waals surface area contributed by atoms with E-state index in [-0.39, 0.29) is 0 Å². The average molecular weight is 371 g/mol.